The van der Waals surface area contributed by atoms with Crippen LogP contribution in [0.3, 0.4) is 0 Å². The van der Waals surface area contributed by atoms with Gasteiger partial charge in [0.05, 0.1) is 11.4 Å². The van der Waals surface area contributed by atoms with Crippen molar-refractivity contribution in [2.75, 3.05) is 6.79 Å². The molecule has 0 spiro atoms. The van der Waals surface area contributed by atoms with E-state index in [0.717, 1.165) is 22.2 Å². The van der Waals surface area contributed by atoms with Gasteiger partial charge in [-0.1, -0.05) is 59.6 Å². The highest BCUT2D eigenvalue weighted by Gasteiger charge is 2.36. The van der Waals surface area contributed by atoms with Crippen LogP contribution in [0.5, 0.6) is 17.2 Å². The van der Waals surface area contributed by atoms with Gasteiger partial charge in [-0.15, -0.1) is 0 Å². The fourth-order valence-electron chi connectivity index (χ4n) is 3.53. The zero-order chi connectivity index (χ0) is 23.7. The Morgan fingerprint density at radius 1 is 0.941 bits per heavy atom. The summed E-state index contributed by atoms with van der Waals surface area (Å²) in [6.45, 7) is 0.411. The number of carbonyl (C=O) groups excluding carboxylic acids is 2. The number of amides is 2. The van der Waals surface area contributed by atoms with Gasteiger partial charge in [-0.05, 0) is 41.6 Å². The lowest BCUT2D eigenvalue weighted by Crippen LogP contribution is -2.27. The van der Waals surface area contributed by atoms with Crippen LogP contribution in [0.25, 0.3) is 6.08 Å². The predicted octanol–water partition coefficient (Wildman–Crippen LogP) is 6.54. The number of ether oxygens (including phenoxy) is 3. The molecule has 2 heterocycles. The summed E-state index contributed by atoms with van der Waals surface area (Å²) in [5.41, 5.74) is 2.12. The van der Waals surface area contributed by atoms with Gasteiger partial charge in [0, 0.05) is 27.2 Å². The number of halogens is 2. The summed E-state index contributed by atoms with van der Waals surface area (Å²) in [4.78, 5) is 27.2. The lowest BCUT2D eigenvalue weighted by Gasteiger charge is -2.14. The molecule has 3 aromatic rings. The Hall–Kier alpha value is -3.13. The lowest BCUT2D eigenvalue weighted by molar-refractivity contribution is -0.123. The molecule has 5 rings (SSSR count). The Bertz CT molecular complexity index is 1330. The number of rotatable bonds is 6. The lowest BCUT2D eigenvalue weighted by atomic mass is 10.1. The van der Waals surface area contributed by atoms with E-state index in [1.165, 1.54) is 0 Å². The fraction of sp³-hybridized carbons (Fsp3) is 0.120. The van der Waals surface area contributed by atoms with Gasteiger partial charge in [0.15, 0.2) is 11.5 Å². The van der Waals surface area contributed by atoms with Gasteiger partial charge in [0.25, 0.3) is 11.1 Å². The predicted molar refractivity (Wildman–Crippen MR) is 131 cm³/mol. The first-order valence-corrected chi connectivity index (χ1v) is 11.9. The van der Waals surface area contributed by atoms with E-state index >= 15 is 0 Å². The van der Waals surface area contributed by atoms with Crippen LogP contribution in [0, 0.1) is 0 Å². The topological polar surface area (TPSA) is 65.1 Å². The van der Waals surface area contributed by atoms with Crippen LogP contribution < -0.4 is 14.2 Å². The number of para-hydroxylation sites is 1. The van der Waals surface area contributed by atoms with Gasteiger partial charge < -0.3 is 14.2 Å². The van der Waals surface area contributed by atoms with Crippen molar-refractivity contribution in [3.8, 4) is 17.2 Å². The summed E-state index contributed by atoms with van der Waals surface area (Å²) in [5.74, 6) is 1.25. The van der Waals surface area contributed by atoms with Crippen molar-refractivity contribution in [3.63, 3.8) is 0 Å². The minimum absolute atomic E-state index is 0.0299. The van der Waals surface area contributed by atoms with Gasteiger partial charge >= 0.3 is 0 Å². The van der Waals surface area contributed by atoms with Crippen LogP contribution >= 0.6 is 35.0 Å². The van der Waals surface area contributed by atoms with Crippen molar-refractivity contribution in [1.82, 2.24) is 4.90 Å². The summed E-state index contributed by atoms with van der Waals surface area (Å²) >= 11 is 13.4. The van der Waals surface area contributed by atoms with Crippen molar-refractivity contribution < 1.29 is 23.8 Å². The molecule has 172 valence electrons. The number of benzene rings is 3. The molecular formula is C25H17Cl2NO5S. The molecule has 1 saturated heterocycles. The molecule has 0 bridgehead atoms. The number of carbonyl (C=O) groups is 2. The van der Waals surface area contributed by atoms with E-state index in [4.69, 9.17) is 37.4 Å². The monoisotopic (exact) mass is 513 g/mol. The maximum atomic E-state index is 13.1. The van der Waals surface area contributed by atoms with Crippen molar-refractivity contribution in [1.29, 1.82) is 0 Å². The maximum Gasteiger partial charge on any atom is 0.293 e. The second-order valence-corrected chi connectivity index (χ2v) is 9.29. The molecule has 0 N–H and O–H groups in total. The summed E-state index contributed by atoms with van der Waals surface area (Å²) in [5, 5.41) is 0.633. The normalized spacial score (nSPS) is 15.9. The zero-order valence-corrected chi connectivity index (χ0v) is 20.0. The van der Waals surface area contributed by atoms with Gasteiger partial charge in [-0.2, -0.15) is 0 Å². The quantitative estimate of drug-likeness (QED) is 0.348. The van der Waals surface area contributed by atoms with E-state index in [1.54, 1.807) is 30.3 Å². The van der Waals surface area contributed by atoms with Gasteiger partial charge in [-0.3, -0.25) is 14.5 Å². The number of imide groups is 1. The molecule has 6 nitrogen and oxygen atoms in total. The van der Waals surface area contributed by atoms with E-state index in [2.05, 4.69) is 0 Å². The van der Waals surface area contributed by atoms with Crippen LogP contribution in [-0.4, -0.2) is 22.8 Å². The highest BCUT2D eigenvalue weighted by Crippen LogP contribution is 2.40. The second-order valence-electron chi connectivity index (χ2n) is 7.48. The van der Waals surface area contributed by atoms with Gasteiger partial charge in [-0.25, -0.2) is 0 Å². The minimum atomic E-state index is -0.398. The Labute approximate surface area is 210 Å². The van der Waals surface area contributed by atoms with Crippen LogP contribution in [0.1, 0.15) is 16.7 Å². The van der Waals surface area contributed by atoms with Crippen molar-refractivity contribution >= 4 is 52.2 Å². The standard InChI is InChI=1S/C25H17Cl2NO5S/c26-18-7-3-1-6-16(18)13-31-20-8-4-2-5-15(20)10-23-24(29)28(25(30)34-23)12-17-9-21-22(11-19(17)27)33-14-32-21/h1-11H,12-14H2/b23-10-. The average Bonchev–Trinajstić information content (AvgIpc) is 3.38. The Balaban J connectivity index is 1.35. The van der Waals surface area contributed by atoms with Gasteiger partial charge in [0.1, 0.15) is 12.4 Å². The molecule has 0 radical (unpaired) electrons. The Morgan fingerprint density at radius 2 is 1.68 bits per heavy atom. The molecule has 0 aromatic heterocycles. The number of hydrogen-bond acceptors (Lipinski definition) is 6. The summed E-state index contributed by atoms with van der Waals surface area (Å²) in [7, 11) is 0. The highest BCUT2D eigenvalue weighted by atomic mass is 35.5. The number of fused-ring (bicyclic) bond motifs is 1. The first kappa shape index (κ1) is 22.7. The third kappa shape index (κ3) is 4.59. The second kappa shape index (κ2) is 9.62. The largest absolute Gasteiger partial charge is 0.488 e. The van der Waals surface area contributed by atoms with Gasteiger partial charge in [0.2, 0.25) is 6.79 Å². The minimum Gasteiger partial charge on any atom is -0.488 e. The third-order valence-electron chi connectivity index (χ3n) is 5.29. The first-order chi connectivity index (χ1) is 16.5. The van der Waals surface area contributed by atoms with Crippen molar-refractivity contribution in [2.45, 2.75) is 13.2 Å². The number of hydrogen-bond donors (Lipinski definition) is 0. The molecule has 0 saturated carbocycles. The van der Waals surface area contributed by atoms with E-state index in [0.29, 0.717) is 43.3 Å². The molecule has 3 aromatic carbocycles. The summed E-state index contributed by atoms with van der Waals surface area (Å²) in [6.07, 6.45) is 1.66. The Kier molecular flexibility index (Phi) is 6.41. The van der Waals surface area contributed by atoms with E-state index in [-0.39, 0.29) is 25.2 Å². The molecule has 0 unspecified atom stereocenters. The fourth-order valence-corrected chi connectivity index (χ4v) is 4.76. The molecule has 2 aliphatic rings. The van der Waals surface area contributed by atoms with Crippen LogP contribution in [0.2, 0.25) is 10.0 Å². The molecule has 34 heavy (non-hydrogen) atoms. The SMILES string of the molecule is O=C1S/C(=C\c2ccccc2OCc2ccccc2Cl)C(=O)N1Cc1cc2c(cc1Cl)OCO2. The van der Waals surface area contributed by atoms with E-state index in [1.807, 2.05) is 36.4 Å². The number of nitrogens with zero attached hydrogens (tertiary/aromatic N) is 1. The van der Waals surface area contributed by atoms with Crippen molar-refractivity contribution in [3.05, 3.63) is 92.3 Å². The summed E-state index contributed by atoms with van der Waals surface area (Å²) < 4.78 is 16.7. The third-order valence-corrected chi connectivity index (χ3v) is 6.92. The van der Waals surface area contributed by atoms with Crippen LogP contribution in [0.15, 0.2) is 65.6 Å². The van der Waals surface area contributed by atoms with Crippen LogP contribution in [0.4, 0.5) is 4.79 Å². The smallest absolute Gasteiger partial charge is 0.293 e. The summed E-state index contributed by atoms with van der Waals surface area (Å²) in [6, 6.07) is 18.1. The molecular weight excluding hydrogens is 497 g/mol. The van der Waals surface area contributed by atoms with Crippen LogP contribution in [-0.2, 0) is 17.9 Å². The Morgan fingerprint density at radius 3 is 2.50 bits per heavy atom. The molecule has 9 heteroatoms. The van der Waals surface area contributed by atoms with E-state index < -0.39 is 5.91 Å². The van der Waals surface area contributed by atoms with E-state index in [9.17, 15) is 9.59 Å². The molecule has 0 aliphatic carbocycles. The molecule has 1 fully saturated rings. The maximum absolute atomic E-state index is 13.1. The highest BCUT2D eigenvalue weighted by molar-refractivity contribution is 8.18. The number of thioether (sulfide) groups is 1. The van der Waals surface area contributed by atoms with Crippen molar-refractivity contribution in [2.24, 2.45) is 0 Å². The molecule has 0 atom stereocenters. The molecule has 2 aliphatic heterocycles. The zero-order valence-electron chi connectivity index (χ0n) is 17.6. The first-order valence-electron chi connectivity index (χ1n) is 10.3. The average molecular weight is 514 g/mol. The molecule has 2 amide bonds.